The number of rotatable bonds is 4. The van der Waals surface area contributed by atoms with Crippen LogP contribution in [0.4, 0.5) is 10.2 Å². The van der Waals surface area contributed by atoms with E-state index < -0.39 is 5.91 Å². The van der Waals surface area contributed by atoms with Gasteiger partial charge in [-0.3, -0.25) is 9.48 Å². The average molecular weight is 399 g/mol. The van der Waals surface area contributed by atoms with Crippen molar-refractivity contribution >= 4 is 46.5 Å². The Bertz CT molecular complexity index is 925. The van der Waals surface area contributed by atoms with Crippen molar-refractivity contribution in [1.82, 2.24) is 9.78 Å². The Kier molecular flexibility index (Phi) is 5.27. The van der Waals surface area contributed by atoms with Crippen molar-refractivity contribution < 1.29 is 9.18 Å². The van der Waals surface area contributed by atoms with Crippen LogP contribution in [0.15, 0.2) is 48.7 Å². The zero-order valence-corrected chi connectivity index (χ0v) is 14.9. The van der Waals surface area contributed by atoms with Gasteiger partial charge in [-0.2, -0.15) is 5.10 Å². The fourth-order valence-corrected chi connectivity index (χ4v) is 2.88. The molecule has 2 aromatic carbocycles. The van der Waals surface area contributed by atoms with Crippen molar-refractivity contribution in [2.45, 2.75) is 6.54 Å². The summed E-state index contributed by atoms with van der Waals surface area (Å²) in [7, 11) is 0. The van der Waals surface area contributed by atoms with Crippen molar-refractivity contribution in [2.24, 2.45) is 0 Å². The van der Waals surface area contributed by atoms with Gasteiger partial charge in [-0.25, -0.2) is 4.39 Å². The number of hydrogen-bond acceptors (Lipinski definition) is 2. The molecular weight excluding hydrogens is 388 g/mol. The minimum absolute atomic E-state index is 0.208. The Morgan fingerprint density at radius 1 is 1.08 bits per heavy atom. The molecule has 0 bridgehead atoms. The fraction of sp³-hybridized carbons (Fsp3) is 0.0588. The molecule has 0 aliphatic carbocycles. The summed E-state index contributed by atoms with van der Waals surface area (Å²) in [6, 6.07) is 10.6. The van der Waals surface area contributed by atoms with Gasteiger partial charge in [-0.15, -0.1) is 0 Å². The van der Waals surface area contributed by atoms with Crippen molar-refractivity contribution in [3.05, 3.63) is 80.7 Å². The monoisotopic (exact) mass is 397 g/mol. The first-order valence-electron chi connectivity index (χ1n) is 7.16. The first kappa shape index (κ1) is 17.7. The van der Waals surface area contributed by atoms with Gasteiger partial charge in [0.25, 0.3) is 5.91 Å². The van der Waals surface area contributed by atoms with Gasteiger partial charge in [-0.1, -0.05) is 46.9 Å². The van der Waals surface area contributed by atoms with Crippen LogP contribution in [0, 0.1) is 5.82 Å². The summed E-state index contributed by atoms with van der Waals surface area (Å²) in [5, 5.41) is 7.78. The third kappa shape index (κ3) is 4.31. The number of carbonyl (C=O) groups is 1. The van der Waals surface area contributed by atoms with Gasteiger partial charge in [0.15, 0.2) is 5.82 Å². The van der Waals surface area contributed by atoms with E-state index in [1.807, 2.05) is 0 Å². The molecular formula is C17H11Cl3FN3O. The number of nitrogens with zero attached hydrogens (tertiary/aromatic N) is 2. The number of nitrogens with one attached hydrogen (secondary N) is 1. The average Bonchev–Trinajstić information content (AvgIpc) is 2.89. The van der Waals surface area contributed by atoms with Gasteiger partial charge in [0.05, 0.1) is 17.1 Å². The van der Waals surface area contributed by atoms with E-state index in [2.05, 4.69) is 10.4 Å². The predicted molar refractivity (Wildman–Crippen MR) is 97.2 cm³/mol. The first-order valence-corrected chi connectivity index (χ1v) is 8.29. The molecule has 4 nitrogen and oxygen atoms in total. The quantitative estimate of drug-likeness (QED) is 0.649. The third-order valence-electron chi connectivity index (χ3n) is 3.38. The predicted octanol–water partition coefficient (Wildman–Crippen LogP) is 5.28. The minimum Gasteiger partial charge on any atom is -0.304 e. The highest BCUT2D eigenvalue weighted by Crippen LogP contribution is 2.24. The van der Waals surface area contributed by atoms with Crippen LogP contribution in [0.3, 0.4) is 0 Å². The highest BCUT2D eigenvalue weighted by Gasteiger charge is 2.15. The summed E-state index contributed by atoms with van der Waals surface area (Å²) in [6.07, 6.45) is 1.57. The number of aromatic nitrogens is 2. The lowest BCUT2D eigenvalue weighted by Gasteiger charge is -2.05. The molecule has 1 N–H and O–H groups in total. The SMILES string of the molecule is O=C(Nc1nn(Cc2ccc(F)cc2)cc1Cl)c1ccc(Cl)cc1Cl. The second-order valence-electron chi connectivity index (χ2n) is 5.23. The molecule has 128 valence electrons. The van der Waals surface area contributed by atoms with Gasteiger partial charge >= 0.3 is 0 Å². The zero-order chi connectivity index (χ0) is 18.0. The van der Waals surface area contributed by atoms with Crippen LogP contribution in [0.1, 0.15) is 15.9 Å². The number of anilines is 1. The molecule has 8 heteroatoms. The molecule has 0 saturated carbocycles. The highest BCUT2D eigenvalue weighted by molar-refractivity contribution is 6.37. The normalized spacial score (nSPS) is 10.7. The third-order valence-corrected chi connectivity index (χ3v) is 4.21. The molecule has 1 amide bonds. The maximum atomic E-state index is 12.9. The lowest BCUT2D eigenvalue weighted by atomic mass is 10.2. The number of halogens is 4. The van der Waals surface area contributed by atoms with Crippen molar-refractivity contribution in [3.63, 3.8) is 0 Å². The van der Waals surface area contributed by atoms with Gasteiger partial charge in [0, 0.05) is 11.2 Å². The van der Waals surface area contributed by atoms with E-state index in [0.717, 1.165) is 5.56 Å². The van der Waals surface area contributed by atoms with Gasteiger partial charge in [0.1, 0.15) is 10.8 Å². The summed E-state index contributed by atoms with van der Waals surface area (Å²) in [5.41, 5.74) is 1.11. The minimum atomic E-state index is -0.449. The summed E-state index contributed by atoms with van der Waals surface area (Å²) >= 11 is 18.0. The van der Waals surface area contributed by atoms with E-state index >= 15 is 0 Å². The van der Waals surface area contributed by atoms with Crippen LogP contribution in [-0.4, -0.2) is 15.7 Å². The molecule has 0 atom stereocenters. The summed E-state index contributed by atoms with van der Waals surface area (Å²) in [6.45, 7) is 0.386. The van der Waals surface area contributed by atoms with Crippen LogP contribution in [-0.2, 0) is 6.54 Å². The Labute approximate surface area is 158 Å². The molecule has 0 aliphatic heterocycles. The zero-order valence-electron chi connectivity index (χ0n) is 12.6. The maximum absolute atomic E-state index is 12.9. The number of carbonyl (C=O) groups excluding carboxylic acids is 1. The number of benzene rings is 2. The van der Waals surface area contributed by atoms with Crippen LogP contribution in [0.5, 0.6) is 0 Å². The van der Waals surface area contributed by atoms with Crippen molar-refractivity contribution in [2.75, 3.05) is 5.32 Å². The molecule has 0 fully saturated rings. The molecule has 0 spiro atoms. The largest absolute Gasteiger partial charge is 0.304 e. The lowest BCUT2D eigenvalue weighted by molar-refractivity contribution is 0.102. The molecule has 0 saturated heterocycles. The van der Waals surface area contributed by atoms with E-state index in [9.17, 15) is 9.18 Å². The van der Waals surface area contributed by atoms with E-state index in [4.69, 9.17) is 34.8 Å². The summed E-state index contributed by atoms with van der Waals surface area (Å²) in [5.74, 6) is -0.551. The molecule has 0 aliphatic rings. The van der Waals surface area contributed by atoms with Crippen LogP contribution < -0.4 is 5.32 Å². The fourth-order valence-electron chi connectivity index (χ4n) is 2.19. The Balaban J connectivity index is 1.76. The van der Waals surface area contributed by atoms with Crippen LogP contribution >= 0.6 is 34.8 Å². The molecule has 0 radical (unpaired) electrons. The Hall–Kier alpha value is -2.08. The molecule has 0 unspecified atom stereocenters. The Morgan fingerprint density at radius 2 is 1.80 bits per heavy atom. The van der Waals surface area contributed by atoms with Crippen molar-refractivity contribution in [1.29, 1.82) is 0 Å². The molecule has 25 heavy (non-hydrogen) atoms. The number of amides is 1. The van der Waals surface area contributed by atoms with E-state index in [1.54, 1.807) is 29.1 Å². The first-order chi connectivity index (χ1) is 11.9. The van der Waals surface area contributed by atoms with Crippen LogP contribution in [0.2, 0.25) is 15.1 Å². The van der Waals surface area contributed by atoms with Gasteiger partial charge < -0.3 is 5.32 Å². The standard InChI is InChI=1S/C17H11Cl3FN3O/c18-11-3-6-13(14(19)7-11)17(25)22-16-15(20)9-24(23-16)8-10-1-4-12(21)5-2-10/h1-7,9H,8H2,(H,22,23,25). The second kappa shape index (κ2) is 7.44. The van der Waals surface area contributed by atoms with E-state index in [0.29, 0.717) is 11.6 Å². The maximum Gasteiger partial charge on any atom is 0.258 e. The second-order valence-corrected chi connectivity index (χ2v) is 6.48. The molecule has 3 aromatic rings. The van der Waals surface area contributed by atoms with E-state index in [-0.39, 0.29) is 27.2 Å². The summed E-state index contributed by atoms with van der Waals surface area (Å²) in [4.78, 5) is 12.3. The molecule has 1 heterocycles. The summed E-state index contributed by atoms with van der Waals surface area (Å²) < 4.78 is 14.5. The van der Waals surface area contributed by atoms with E-state index in [1.165, 1.54) is 24.3 Å². The topological polar surface area (TPSA) is 46.9 Å². The smallest absolute Gasteiger partial charge is 0.258 e. The van der Waals surface area contributed by atoms with Crippen molar-refractivity contribution in [3.8, 4) is 0 Å². The van der Waals surface area contributed by atoms with Crippen LogP contribution in [0.25, 0.3) is 0 Å². The number of hydrogen-bond donors (Lipinski definition) is 1. The van der Waals surface area contributed by atoms with Gasteiger partial charge in [0.2, 0.25) is 0 Å². The molecule has 1 aromatic heterocycles. The van der Waals surface area contributed by atoms with Gasteiger partial charge in [-0.05, 0) is 35.9 Å². The lowest BCUT2D eigenvalue weighted by Crippen LogP contribution is -2.13. The molecule has 3 rings (SSSR count). The Morgan fingerprint density at radius 3 is 2.48 bits per heavy atom. The highest BCUT2D eigenvalue weighted by atomic mass is 35.5.